The monoisotopic (exact) mass is 402 g/mol. The minimum absolute atomic E-state index is 0.0562. The molecule has 1 aromatic rings. The lowest BCUT2D eigenvalue weighted by molar-refractivity contribution is -0.154. The van der Waals surface area contributed by atoms with E-state index in [1.165, 1.54) is 19.1 Å². The molecule has 0 aliphatic heterocycles. The predicted molar refractivity (Wildman–Crippen MR) is 97.2 cm³/mol. The van der Waals surface area contributed by atoms with E-state index in [-0.39, 0.29) is 34.8 Å². The van der Waals surface area contributed by atoms with E-state index in [0.717, 1.165) is 25.7 Å². The van der Waals surface area contributed by atoms with Crippen molar-refractivity contribution in [3.05, 3.63) is 29.3 Å². The van der Waals surface area contributed by atoms with Gasteiger partial charge in [-0.1, -0.05) is 36.6 Å². The highest BCUT2D eigenvalue weighted by molar-refractivity contribution is 7.89. The van der Waals surface area contributed by atoms with Crippen LogP contribution in [0.5, 0.6) is 0 Å². The second-order valence-corrected chi connectivity index (χ2v) is 8.34. The van der Waals surface area contributed by atoms with Gasteiger partial charge in [0.2, 0.25) is 10.0 Å². The van der Waals surface area contributed by atoms with Gasteiger partial charge in [0.25, 0.3) is 5.91 Å². The number of amides is 1. The lowest BCUT2D eigenvalue weighted by atomic mass is 10.2. The van der Waals surface area contributed by atoms with E-state index in [1.54, 1.807) is 12.1 Å². The zero-order valence-corrected chi connectivity index (χ0v) is 16.1. The van der Waals surface area contributed by atoms with Crippen molar-refractivity contribution in [2.45, 2.75) is 56.1 Å². The molecule has 1 saturated carbocycles. The van der Waals surface area contributed by atoms with Crippen LogP contribution in [0.4, 0.5) is 0 Å². The molecule has 0 unspecified atom stereocenters. The van der Waals surface area contributed by atoms with Crippen molar-refractivity contribution in [2.75, 3.05) is 6.54 Å². The maximum absolute atomic E-state index is 12.1. The lowest BCUT2D eigenvalue weighted by Crippen LogP contribution is -2.41. The first-order valence-corrected chi connectivity index (χ1v) is 10.4. The van der Waals surface area contributed by atoms with Crippen molar-refractivity contribution in [2.24, 2.45) is 0 Å². The Labute approximate surface area is 158 Å². The molecule has 1 aliphatic rings. The number of sulfonamides is 1. The first kappa shape index (κ1) is 20.7. The van der Waals surface area contributed by atoms with Crippen molar-refractivity contribution in [3.63, 3.8) is 0 Å². The molecular weight excluding hydrogens is 380 g/mol. The van der Waals surface area contributed by atoms with Gasteiger partial charge in [-0.05, 0) is 31.9 Å². The van der Waals surface area contributed by atoms with Gasteiger partial charge in [0.05, 0.1) is 11.4 Å². The topological polar surface area (TPSA) is 102 Å². The Bertz CT molecular complexity index is 747. The maximum Gasteiger partial charge on any atom is 0.307 e. The Morgan fingerprint density at radius 1 is 1.27 bits per heavy atom. The summed E-state index contributed by atoms with van der Waals surface area (Å²) in [5, 5.41) is 2.95. The normalized spacial score (nSPS) is 16.2. The summed E-state index contributed by atoms with van der Waals surface area (Å²) in [7, 11) is -3.82. The number of ether oxygens (including phenoxy) is 1. The molecule has 1 fully saturated rings. The van der Waals surface area contributed by atoms with Gasteiger partial charge in [-0.15, -0.1) is 0 Å². The van der Waals surface area contributed by atoms with Crippen molar-refractivity contribution >= 4 is 33.5 Å². The summed E-state index contributed by atoms with van der Waals surface area (Å²) in [6.45, 7) is 1.35. The van der Waals surface area contributed by atoms with Crippen LogP contribution in [0.15, 0.2) is 29.2 Å². The van der Waals surface area contributed by atoms with Gasteiger partial charge in [0, 0.05) is 12.6 Å². The van der Waals surface area contributed by atoms with E-state index in [0.29, 0.717) is 0 Å². The van der Waals surface area contributed by atoms with E-state index in [2.05, 4.69) is 10.0 Å². The van der Waals surface area contributed by atoms with Gasteiger partial charge in [-0.25, -0.2) is 13.1 Å². The van der Waals surface area contributed by atoms with E-state index < -0.39 is 22.1 Å². The number of nitrogens with one attached hydrogen (secondary N) is 2. The fraction of sp³-hybridized carbons (Fsp3) is 0.529. The summed E-state index contributed by atoms with van der Waals surface area (Å²) in [5.41, 5.74) is 0. The number of carbonyl (C=O) groups is 2. The van der Waals surface area contributed by atoms with Crippen molar-refractivity contribution in [1.29, 1.82) is 0 Å². The molecule has 1 aromatic carbocycles. The SMILES string of the molecule is C[C@@H](OC(=O)CCNS(=O)(=O)c1ccccc1Cl)C(=O)NC1CCCC1. The zero-order chi connectivity index (χ0) is 19.2. The molecule has 7 nitrogen and oxygen atoms in total. The highest BCUT2D eigenvalue weighted by Gasteiger charge is 2.23. The van der Waals surface area contributed by atoms with Gasteiger partial charge in [0.15, 0.2) is 6.10 Å². The summed E-state index contributed by atoms with van der Waals surface area (Å²) < 4.78 is 31.6. The van der Waals surface area contributed by atoms with Crippen molar-refractivity contribution < 1.29 is 22.7 Å². The van der Waals surface area contributed by atoms with Crippen molar-refractivity contribution in [1.82, 2.24) is 10.0 Å². The van der Waals surface area contributed by atoms with Crippen LogP contribution in [-0.2, 0) is 24.3 Å². The number of esters is 1. The van der Waals surface area contributed by atoms with Gasteiger partial charge >= 0.3 is 5.97 Å². The van der Waals surface area contributed by atoms with Crippen LogP contribution in [-0.4, -0.2) is 39.0 Å². The molecule has 0 aromatic heterocycles. The molecule has 1 aliphatic carbocycles. The van der Waals surface area contributed by atoms with Crippen LogP contribution in [0, 0.1) is 0 Å². The molecule has 0 heterocycles. The van der Waals surface area contributed by atoms with Crippen LogP contribution < -0.4 is 10.0 Å². The average Bonchev–Trinajstić information content (AvgIpc) is 3.07. The average molecular weight is 403 g/mol. The Balaban J connectivity index is 1.76. The summed E-state index contributed by atoms with van der Waals surface area (Å²) in [4.78, 5) is 23.7. The second-order valence-electron chi connectivity index (χ2n) is 6.20. The first-order valence-electron chi connectivity index (χ1n) is 8.53. The largest absolute Gasteiger partial charge is 0.453 e. The Hall–Kier alpha value is -1.64. The summed E-state index contributed by atoms with van der Waals surface area (Å²) in [6.07, 6.45) is 2.95. The van der Waals surface area contributed by atoms with Crippen LogP contribution in [0.3, 0.4) is 0 Å². The van der Waals surface area contributed by atoms with Crippen LogP contribution >= 0.6 is 11.6 Å². The second kappa shape index (κ2) is 9.34. The molecule has 1 amide bonds. The van der Waals surface area contributed by atoms with Crippen LogP contribution in [0.1, 0.15) is 39.0 Å². The molecule has 1 atom stereocenters. The number of rotatable bonds is 8. The fourth-order valence-corrected chi connectivity index (χ4v) is 4.28. The first-order chi connectivity index (χ1) is 12.3. The number of halogens is 1. The van der Waals surface area contributed by atoms with Gasteiger partial charge < -0.3 is 10.1 Å². The van der Waals surface area contributed by atoms with Gasteiger partial charge in [-0.2, -0.15) is 0 Å². The third kappa shape index (κ3) is 5.96. The van der Waals surface area contributed by atoms with E-state index in [9.17, 15) is 18.0 Å². The van der Waals surface area contributed by atoms with E-state index in [4.69, 9.17) is 16.3 Å². The highest BCUT2D eigenvalue weighted by atomic mass is 35.5. The molecule has 2 rings (SSSR count). The van der Waals surface area contributed by atoms with Crippen LogP contribution in [0.25, 0.3) is 0 Å². The Morgan fingerprint density at radius 3 is 2.58 bits per heavy atom. The molecule has 0 saturated heterocycles. The zero-order valence-electron chi connectivity index (χ0n) is 14.5. The Kier molecular flexibility index (Phi) is 7.43. The molecular formula is C17H23ClN2O5S. The molecule has 0 bridgehead atoms. The fourth-order valence-electron chi connectivity index (χ4n) is 2.73. The lowest BCUT2D eigenvalue weighted by Gasteiger charge is -2.17. The number of carbonyl (C=O) groups excluding carboxylic acids is 2. The van der Waals surface area contributed by atoms with Gasteiger partial charge in [-0.3, -0.25) is 9.59 Å². The molecule has 2 N–H and O–H groups in total. The Morgan fingerprint density at radius 2 is 1.92 bits per heavy atom. The molecule has 0 spiro atoms. The minimum atomic E-state index is -3.82. The molecule has 144 valence electrons. The summed E-state index contributed by atoms with van der Waals surface area (Å²) >= 11 is 5.87. The third-order valence-corrected chi connectivity index (χ3v) is 6.09. The standard InChI is InChI=1S/C17H23ClN2O5S/c1-12(17(22)20-13-6-2-3-7-13)25-16(21)10-11-19-26(23,24)15-9-5-4-8-14(15)18/h4-5,8-9,12-13,19H,2-3,6-7,10-11H2,1H3,(H,20,22)/t12-/m1/s1. The molecule has 26 heavy (non-hydrogen) atoms. The number of hydrogen-bond donors (Lipinski definition) is 2. The van der Waals surface area contributed by atoms with Crippen molar-refractivity contribution in [3.8, 4) is 0 Å². The number of hydrogen-bond acceptors (Lipinski definition) is 5. The maximum atomic E-state index is 12.1. The molecule has 0 radical (unpaired) electrons. The van der Waals surface area contributed by atoms with E-state index in [1.807, 2.05) is 0 Å². The minimum Gasteiger partial charge on any atom is -0.453 e. The molecule has 9 heteroatoms. The quantitative estimate of drug-likeness (QED) is 0.647. The van der Waals surface area contributed by atoms with E-state index >= 15 is 0 Å². The van der Waals surface area contributed by atoms with Crippen LogP contribution in [0.2, 0.25) is 5.02 Å². The summed E-state index contributed by atoms with van der Waals surface area (Å²) in [6, 6.07) is 6.16. The third-order valence-electron chi connectivity index (χ3n) is 4.13. The number of benzene rings is 1. The predicted octanol–water partition coefficient (Wildman–Crippen LogP) is 2.00. The summed E-state index contributed by atoms with van der Waals surface area (Å²) in [5.74, 6) is -0.983. The van der Waals surface area contributed by atoms with Gasteiger partial charge in [0.1, 0.15) is 4.90 Å². The highest BCUT2D eigenvalue weighted by Crippen LogP contribution is 2.20. The smallest absolute Gasteiger partial charge is 0.307 e.